The lowest BCUT2D eigenvalue weighted by Crippen LogP contribution is -2.35. The van der Waals surface area contributed by atoms with Crippen molar-refractivity contribution in [1.82, 2.24) is 5.32 Å². The minimum absolute atomic E-state index is 0.0310. The maximum Gasteiger partial charge on any atom is 0.216 e. The van der Waals surface area contributed by atoms with E-state index in [1.54, 1.807) is 6.07 Å². The number of nitrogens with one attached hydrogen (secondary N) is 1. The van der Waals surface area contributed by atoms with Crippen LogP contribution in [-0.4, -0.2) is 12.5 Å². The van der Waals surface area contributed by atoms with E-state index in [2.05, 4.69) is 5.32 Å². The molecule has 0 aliphatic heterocycles. The highest BCUT2D eigenvalue weighted by Gasteiger charge is 2.21. The van der Waals surface area contributed by atoms with E-state index in [4.69, 9.17) is 11.5 Å². The van der Waals surface area contributed by atoms with Crippen LogP contribution in [0.4, 0.5) is 11.4 Å². The SMILES string of the molecule is CC(=O)NCC(C)(C)c1ccc(N)c(N)c1. The fourth-order valence-corrected chi connectivity index (χ4v) is 1.44. The molecule has 0 saturated heterocycles. The third-order valence-electron chi connectivity index (χ3n) is 2.65. The van der Waals surface area contributed by atoms with E-state index < -0.39 is 0 Å². The molecule has 0 radical (unpaired) electrons. The Bertz CT molecular complexity index is 399. The second-order valence-corrected chi connectivity index (χ2v) is 4.64. The molecule has 4 heteroatoms. The average molecular weight is 221 g/mol. The number of nitrogens with two attached hydrogens (primary N) is 2. The maximum atomic E-state index is 10.9. The van der Waals surface area contributed by atoms with Crippen LogP contribution in [0, 0.1) is 0 Å². The van der Waals surface area contributed by atoms with Crippen LogP contribution in [0.2, 0.25) is 0 Å². The van der Waals surface area contributed by atoms with Crippen LogP contribution in [0.15, 0.2) is 18.2 Å². The van der Waals surface area contributed by atoms with E-state index in [-0.39, 0.29) is 11.3 Å². The molecule has 0 aliphatic rings. The molecule has 0 fully saturated rings. The van der Waals surface area contributed by atoms with Gasteiger partial charge in [0.25, 0.3) is 0 Å². The fourth-order valence-electron chi connectivity index (χ4n) is 1.44. The van der Waals surface area contributed by atoms with Gasteiger partial charge in [0.05, 0.1) is 11.4 Å². The lowest BCUT2D eigenvalue weighted by atomic mass is 9.84. The Morgan fingerprint density at radius 1 is 1.31 bits per heavy atom. The van der Waals surface area contributed by atoms with Gasteiger partial charge in [-0.25, -0.2) is 0 Å². The number of benzene rings is 1. The lowest BCUT2D eigenvalue weighted by molar-refractivity contribution is -0.119. The van der Waals surface area contributed by atoms with E-state index in [1.807, 2.05) is 26.0 Å². The lowest BCUT2D eigenvalue weighted by Gasteiger charge is -2.26. The molecule has 1 amide bonds. The van der Waals surface area contributed by atoms with Crippen molar-refractivity contribution in [1.29, 1.82) is 0 Å². The average Bonchev–Trinajstić information content (AvgIpc) is 2.19. The van der Waals surface area contributed by atoms with Gasteiger partial charge in [0, 0.05) is 18.9 Å². The maximum absolute atomic E-state index is 10.9. The van der Waals surface area contributed by atoms with Gasteiger partial charge in [-0.1, -0.05) is 19.9 Å². The second-order valence-electron chi connectivity index (χ2n) is 4.64. The number of amides is 1. The Balaban J connectivity index is 2.88. The van der Waals surface area contributed by atoms with E-state index in [1.165, 1.54) is 6.92 Å². The van der Waals surface area contributed by atoms with Crippen LogP contribution in [0.1, 0.15) is 26.3 Å². The van der Waals surface area contributed by atoms with Crippen molar-refractivity contribution in [3.63, 3.8) is 0 Å². The number of rotatable bonds is 3. The van der Waals surface area contributed by atoms with Gasteiger partial charge < -0.3 is 16.8 Å². The molecule has 0 atom stereocenters. The number of hydrogen-bond donors (Lipinski definition) is 3. The summed E-state index contributed by atoms with van der Waals surface area (Å²) in [4.78, 5) is 10.9. The summed E-state index contributed by atoms with van der Waals surface area (Å²) in [5.74, 6) is -0.0310. The van der Waals surface area contributed by atoms with Crippen molar-refractivity contribution in [3.8, 4) is 0 Å². The van der Waals surface area contributed by atoms with Crippen LogP contribution in [0.3, 0.4) is 0 Å². The molecule has 0 unspecified atom stereocenters. The van der Waals surface area contributed by atoms with Gasteiger partial charge in [-0.05, 0) is 17.7 Å². The van der Waals surface area contributed by atoms with Gasteiger partial charge in [0.1, 0.15) is 0 Å². The molecule has 16 heavy (non-hydrogen) atoms. The normalized spacial score (nSPS) is 11.2. The summed E-state index contributed by atoms with van der Waals surface area (Å²) in [6.45, 7) is 6.18. The first-order chi connectivity index (χ1) is 7.33. The molecule has 1 aromatic rings. The van der Waals surface area contributed by atoms with Gasteiger partial charge in [-0.3, -0.25) is 4.79 Å². The van der Waals surface area contributed by atoms with E-state index >= 15 is 0 Å². The Hall–Kier alpha value is -1.71. The van der Waals surface area contributed by atoms with Crippen molar-refractivity contribution in [3.05, 3.63) is 23.8 Å². The van der Waals surface area contributed by atoms with Gasteiger partial charge in [0.15, 0.2) is 0 Å². The fraction of sp³-hybridized carbons (Fsp3) is 0.417. The Morgan fingerprint density at radius 2 is 1.94 bits per heavy atom. The van der Waals surface area contributed by atoms with E-state index in [9.17, 15) is 4.79 Å². The number of carbonyl (C=O) groups excluding carboxylic acids is 1. The summed E-state index contributed by atoms with van der Waals surface area (Å²) in [5.41, 5.74) is 13.5. The first-order valence-corrected chi connectivity index (χ1v) is 5.23. The number of hydrogen-bond acceptors (Lipinski definition) is 3. The molecule has 0 bridgehead atoms. The molecular weight excluding hydrogens is 202 g/mol. The van der Waals surface area contributed by atoms with Crippen molar-refractivity contribution >= 4 is 17.3 Å². The zero-order valence-corrected chi connectivity index (χ0v) is 10.0. The molecule has 0 saturated carbocycles. The molecule has 4 nitrogen and oxygen atoms in total. The minimum Gasteiger partial charge on any atom is -0.397 e. The quantitative estimate of drug-likeness (QED) is 0.672. The van der Waals surface area contributed by atoms with Gasteiger partial charge >= 0.3 is 0 Å². The van der Waals surface area contributed by atoms with Crippen molar-refractivity contribution in [2.45, 2.75) is 26.2 Å². The number of carbonyl (C=O) groups is 1. The topological polar surface area (TPSA) is 81.1 Å². The molecular formula is C12H19N3O. The summed E-state index contributed by atoms with van der Waals surface area (Å²) in [6.07, 6.45) is 0. The highest BCUT2D eigenvalue weighted by Crippen LogP contribution is 2.26. The van der Waals surface area contributed by atoms with Crippen LogP contribution in [-0.2, 0) is 10.2 Å². The van der Waals surface area contributed by atoms with Crippen molar-refractivity contribution in [2.75, 3.05) is 18.0 Å². The van der Waals surface area contributed by atoms with Gasteiger partial charge in [0.2, 0.25) is 5.91 Å². The summed E-state index contributed by atoms with van der Waals surface area (Å²) >= 11 is 0. The summed E-state index contributed by atoms with van der Waals surface area (Å²) in [6, 6.07) is 5.59. The molecule has 0 aromatic heterocycles. The smallest absolute Gasteiger partial charge is 0.216 e. The third-order valence-corrected chi connectivity index (χ3v) is 2.65. The molecule has 88 valence electrons. The molecule has 0 heterocycles. The largest absolute Gasteiger partial charge is 0.397 e. The minimum atomic E-state index is -0.159. The predicted octanol–water partition coefficient (Wildman–Crippen LogP) is 1.26. The van der Waals surface area contributed by atoms with Crippen LogP contribution < -0.4 is 16.8 Å². The first kappa shape index (κ1) is 12.4. The molecule has 1 aromatic carbocycles. The number of nitrogen functional groups attached to an aromatic ring is 2. The van der Waals surface area contributed by atoms with Gasteiger partial charge in [-0.2, -0.15) is 0 Å². The Labute approximate surface area is 96.0 Å². The molecule has 5 N–H and O–H groups in total. The summed E-state index contributed by atoms with van der Waals surface area (Å²) in [7, 11) is 0. The Morgan fingerprint density at radius 3 is 2.44 bits per heavy atom. The van der Waals surface area contributed by atoms with Crippen molar-refractivity contribution in [2.24, 2.45) is 0 Å². The summed E-state index contributed by atoms with van der Waals surface area (Å²) < 4.78 is 0. The van der Waals surface area contributed by atoms with Crippen LogP contribution in [0.25, 0.3) is 0 Å². The highest BCUT2D eigenvalue weighted by molar-refractivity contribution is 5.73. The standard InChI is InChI=1S/C12H19N3O/c1-8(16)15-7-12(2,3)9-4-5-10(13)11(14)6-9/h4-6H,7,13-14H2,1-3H3,(H,15,16). The van der Waals surface area contributed by atoms with E-state index in [0.29, 0.717) is 17.9 Å². The monoisotopic (exact) mass is 221 g/mol. The second kappa shape index (κ2) is 4.43. The first-order valence-electron chi connectivity index (χ1n) is 5.23. The molecule has 0 spiro atoms. The third kappa shape index (κ3) is 2.89. The van der Waals surface area contributed by atoms with Crippen molar-refractivity contribution < 1.29 is 4.79 Å². The summed E-state index contributed by atoms with van der Waals surface area (Å²) in [5, 5.41) is 2.81. The zero-order chi connectivity index (χ0) is 12.3. The van der Waals surface area contributed by atoms with Crippen LogP contribution >= 0.6 is 0 Å². The van der Waals surface area contributed by atoms with Crippen LogP contribution in [0.5, 0.6) is 0 Å². The van der Waals surface area contributed by atoms with Gasteiger partial charge in [-0.15, -0.1) is 0 Å². The molecule has 1 rings (SSSR count). The molecule has 0 aliphatic carbocycles. The zero-order valence-electron chi connectivity index (χ0n) is 10.0. The Kier molecular flexibility index (Phi) is 3.42. The van der Waals surface area contributed by atoms with E-state index in [0.717, 1.165) is 5.56 Å². The highest BCUT2D eigenvalue weighted by atomic mass is 16.1. The number of anilines is 2. The predicted molar refractivity (Wildman–Crippen MR) is 67.0 cm³/mol.